The van der Waals surface area contributed by atoms with Crippen LogP contribution in [0.2, 0.25) is 0 Å². The van der Waals surface area contributed by atoms with Crippen molar-refractivity contribution in [2.24, 2.45) is 5.92 Å². The van der Waals surface area contributed by atoms with Crippen LogP contribution in [0.3, 0.4) is 0 Å². The minimum Gasteiger partial charge on any atom is -0.377 e. The van der Waals surface area contributed by atoms with Gasteiger partial charge in [0.15, 0.2) is 0 Å². The van der Waals surface area contributed by atoms with Crippen LogP contribution in [-0.2, 0) is 11.2 Å². The Hall–Kier alpha value is -1.95. The van der Waals surface area contributed by atoms with Crippen LogP contribution in [0.1, 0.15) is 56.7 Å². The fraction of sp³-hybridized carbons (Fsp3) is 0.650. The minimum atomic E-state index is 0.388. The molecule has 0 spiro atoms. The molecule has 1 aliphatic heterocycles. The standard InChI is InChI=1S/C20H27N5O/c1-2-4-15(5-3-1)23-20-21-9-8-18(24-20)17-11-22-25(16-12-26-13-16)19(17)10-14-6-7-14/h8-9,11,14-16H,1-7,10,12-13H2,(H,21,23,24). The molecular weight excluding hydrogens is 326 g/mol. The molecule has 2 aliphatic carbocycles. The lowest BCUT2D eigenvalue weighted by molar-refractivity contribution is -0.0298. The van der Waals surface area contributed by atoms with Crippen LogP contribution in [0.15, 0.2) is 18.5 Å². The van der Waals surface area contributed by atoms with E-state index in [1.54, 1.807) is 0 Å². The molecule has 0 unspecified atom stereocenters. The topological polar surface area (TPSA) is 64.9 Å². The second-order valence-electron chi connectivity index (χ2n) is 8.03. The summed E-state index contributed by atoms with van der Waals surface area (Å²) in [5, 5.41) is 8.24. The number of ether oxygens (including phenoxy) is 1. The van der Waals surface area contributed by atoms with E-state index in [2.05, 4.69) is 15.0 Å². The summed E-state index contributed by atoms with van der Waals surface area (Å²) in [4.78, 5) is 9.30. The maximum absolute atomic E-state index is 5.39. The van der Waals surface area contributed by atoms with E-state index >= 15 is 0 Å². The smallest absolute Gasteiger partial charge is 0.223 e. The Kier molecular flexibility index (Phi) is 4.36. The quantitative estimate of drug-likeness (QED) is 0.859. The van der Waals surface area contributed by atoms with Crippen LogP contribution in [0.4, 0.5) is 5.95 Å². The van der Waals surface area contributed by atoms with Crippen molar-refractivity contribution in [3.05, 3.63) is 24.2 Å². The molecule has 6 nitrogen and oxygen atoms in total. The lowest BCUT2D eigenvalue weighted by atomic mass is 9.96. The average molecular weight is 353 g/mol. The van der Waals surface area contributed by atoms with Crippen LogP contribution in [0.5, 0.6) is 0 Å². The maximum Gasteiger partial charge on any atom is 0.223 e. The first-order valence-corrected chi connectivity index (χ1v) is 10.1. The Morgan fingerprint density at radius 2 is 1.96 bits per heavy atom. The Labute approximate surface area is 154 Å². The van der Waals surface area contributed by atoms with Crippen molar-refractivity contribution in [2.45, 2.75) is 63.5 Å². The number of nitrogens with zero attached hydrogens (tertiary/aromatic N) is 4. The average Bonchev–Trinajstić information content (AvgIpc) is 3.35. The van der Waals surface area contributed by atoms with E-state index in [4.69, 9.17) is 14.8 Å². The predicted molar refractivity (Wildman–Crippen MR) is 100 cm³/mol. The zero-order valence-electron chi connectivity index (χ0n) is 15.2. The van der Waals surface area contributed by atoms with Crippen molar-refractivity contribution >= 4 is 5.95 Å². The van der Waals surface area contributed by atoms with Crippen molar-refractivity contribution < 1.29 is 4.74 Å². The molecule has 0 bridgehead atoms. The Bertz CT molecular complexity index is 759. The van der Waals surface area contributed by atoms with Gasteiger partial charge in [0, 0.05) is 23.5 Å². The van der Waals surface area contributed by atoms with Crippen LogP contribution in [0.25, 0.3) is 11.3 Å². The molecule has 2 aromatic heterocycles. The summed E-state index contributed by atoms with van der Waals surface area (Å²) >= 11 is 0. The number of anilines is 1. The highest BCUT2D eigenvalue weighted by Gasteiger charge is 2.30. The zero-order chi connectivity index (χ0) is 17.3. The maximum atomic E-state index is 5.39. The van der Waals surface area contributed by atoms with E-state index in [1.165, 1.54) is 50.6 Å². The highest BCUT2D eigenvalue weighted by Crippen LogP contribution is 2.37. The van der Waals surface area contributed by atoms with E-state index < -0.39 is 0 Å². The molecule has 1 saturated heterocycles. The monoisotopic (exact) mass is 353 g/mol. The third kappa shape index (κ3) is 3.34. The number of hydrogen-bond acceptors (Lipinski definition) is 5. The molecule has 6 heteroatoms. The summed E-state index contributed by atoms with van der Waals surface area (Å²) < 4.78 is 7.58. The number of nitrogens with one attached hydrogen (secondary N) is 1. The van der Waals surface area contributed by atoms with Gasteiger partial charge < -0.3 is 10.1 Å². The molecule has 138 valence electrons. The number of aromatic nitrogens is 4. The van der Waals surface area contributed by atoms with Crippen molar-refractivity contribution in [3.63, 3.8) is 0 Å². The van der Waals surface area contributed by atoms with Gasteiger partial charge in [-0.2, -0.15) is 5.10 Å². The highest BCUT2D eigenvalue weighted by molar-refractivity contribution is 5.62. The molecule has 3 heterocycles. The van der Waals surface area contributed by atoms with Crippen molar-refractivity contribution in [2.75, 3.05) is 18.5 Å². The lowest BCUT2D eigenvalue weighted by Crippen LogP contribution is -2.32. The summed E-state index contributed by atoms with van der Waals surface area (Å²) in [6.45, 7) is 1.55. The van der Waals surface area contributed by atoms with Gasteiger partial charge in [-0.25, -0.2) is 9.97 Å². The second kappa shape index (κ2) is 6.99. The van der Waals surface area contributed by atoms with Crippen molar-refractivity contribution in [3.8, 4) is 11.3 Å². The van der Waals surface area contributed by atoms with Crippen molar-refractivity contribution in [1.82, 2.24) is 19.7 Å². The normalized spacial score (nSPS) is 21.5. The van der Waals surface area contributed by atoms with E-state index in [0.29, 0.717) is 12.1 Å². The summed E-state index contributed by atoms with van der Waals surface area (Å²) in [5.74, 6) is 1.57. The summed E-state index contributed by atoms with van der Waals surface area (Å²) in [6.07, 6.45) is 14.0. The van der Waals surface area contributed by atoms with Gasteiger partial charge in [0.2, 0.25) is 5.95 Å². The lowest BCUT2D eigenvalue weighted by Gasteiger charge is -2.28. The molecule has 3 aliphatic rings. The van der Waals surface area contributed by atoms with Gasteiger partial charge in [-0.3, -0.25) is 4.68 Å². The van der Waals surface area contributed by atoms with Gasteiger partial charge in [0.1, 0.15) is 0 Å². The fourth-order valence-electron chi connectivity index (χ4n) is 4.09. The first kappa shape index (κ1) is 16.2. The van der Waals surface area contributed by atoms with Gasteiger partial charge in [-0.15, -0.1) is 0 Å². The molecule has 1 N–H and O–H groups in total. The molecule has 5 rings (SSSR count). The first-order valence-electron chi connectivity index (χ1n) is 10.1. The molecule has 0 atom stereocenters. The van der Waals surface area contributed by atoms with Crippen LogP contribution in [-0.4, -0.2) is 39.0 Å². The molecule has 2 aromatic rings. The van der Waals surface area contributed by atoms with Gasteiger partial charge in [0.05, 0.1) is 31.1 Å². The highest BCUT2D eigenvalue weighted by atomic mass is 16.5. The van der Waals surface area contributed by atoms with Gasteiger partial charge in [0.25, 0.3) is 0 Å². The van der Waals surface area contributed by atoms with Gasteiger partial charge in [-0.1, -0.05) is 19.3 Å². The van der Waals surface area contributed by atoms with E-state index in [9.17, 15) is 0 Å². The Balaban J connectivity index is 1.41. The molecule has 2 saturated carbocycles. The zero-order valence-corrected chi connectivity index (χ0v) is 15.2. The summed E-state index contributed by atoms with van der Waals surface area (Å²) in [7, 11) is 0. The van der Waals surface area contributed by atoms with E-state index in [1.807, 2.05) is 18.5 Å². The van der Waals surface area contributed by atoms with E-state index in [-0.39, 0.29) is 0 Å². The van der Waals surface area contributed by atoms with Crippen LogP contribution in [0, 0.1) is 5.92 Å². The van der Waals surface area contributed by atoms with Gasteiger partial charge >= 0.3 is 0 Å². The largest absolute Gasteiger partial charge is 0.377 e. The fourth-order valence-corrected chi connectivity index (χ4v) is 4.09. The Morgan fingerprint density at radius 1 is 1.12 bits per heavy atom. The Morgan fingerprint density at radius 3 is 2.69 bits per heavy atom. The number of rotatable bonds is 6. The van der Waals surface area contributed by atoms with Crippen LogP contribution >= 0.6 is 0 Å². The van der Waals surface area contributed by atoms with Crippen LogP contribution < -0.4 is 5.32 Å². The van der Waals surface area contributed by atoms with E-state index in [0.717, 1.165) is 42.8 Å². The molecule has 0 radical (unpaired) electrons. The van der Waals surface area contributed by atoms with Crippen molar-refractivity contribution in [1.29, 1.82) is 0 Å². The second-order valence-corrected chi connectivity index (χ2v) is 8.03. The third-order valence-electron chi connectivity index (χ3n) is 5.91. The van der Waals surface area contributed by atoms with Gasteiger partial charge in [-0.05, 0) is 44.1 Å². The first-order chi connectivity index (χ1) is 12.9. The molecule has 3 fully saturated rings. The predicted octanol–water partition coefficient (Wildman–Crippen LogP) is 3.61. The summed E-state index contributed by atoms with van der Waals surface area (Å²) in [6, 6.07) is 2.92. The molecular formula is C20H27N5O. The SMILES string of the molecule is c1cc(-c2cnn(C3COC3)c2CC2CC2)nc(NC2CCCCC2)n1. The summed E-state index contributed by atoms with van der Waals surface area (Å²) in [5.41, 5.74) is 3.47. The number of hydrogen-bond donors (Lipinski definition) is 1. The third-order valence-corrected chi connectivity index (χ3v) is 5.91. The molecule has 0 aromatic carbocycles. The minimum absolute atomic E-state index is 0.388. The molecule has 0 amide bonds. The molecule has 26 heavy (non-hydrogen) atoms.